The van der Waals surface area contributed by atoms with E-state index in [1.54, 1.807) is 0 Å². The standard InChI is InChI=1S/C24H20O4/c1-15-21-11-7-17(25-21)3-5-19-9-13-23(27-19)16(2)24-14-10-20(28-24)6-4-18-8-12-22(15)26-18/h3-16H,1-2H3/b5-3+,6-4+. The fourth-order valence-corrected chi connectivity index (χ4v) is 3.37. The van der Waals surface area contributed by atoms with Crippen LogP contribution in [0.3, 0.4) is 0 Å². The van der Waals surface area contributed by atoms with Gasteiger partial charge in [0.1, 0.15) is 46.1 Å². The molecule has 0 aliphatic carbocycles. The van der Waals surface area contributed by atoms with E-state index < -0.39 is 0 Å². The Hall–Kier alpha value is -3.40. The molecule has 8 bridgehead atoms. The summed E-state index contributed by atoms with van der Waals surface area (Å²) in [6.07, 6.45) is 7.64. The van der Waals surface area contributed by atoms with E-state index in [0.29, 0.717) is 0 Å². The molecule has 0 atom stereocenters. The third kappa shape index (κ3) is 3.07. The van der Waals surface area contributed by atoms with Gasteiger partial charge in [-0.3, -0.25) is 0 Å². The molecule has 0 spiro atoms. The van der Waals surface area contributed by atoms with E-state index in [-0.39, 0.29) is 11.8 Å². The minimum absolute atomic E-state index is 0.0227. The number of hydrogen-bond donors (Lipinski definition) is 0. The Morgan fingerprint density at radius 3 is 0.929 bits per heavy atom. The second-order valence-electron chi connectivity index (χ2n) is 7.07. The molecule has 0 unspecified atom stereocenters. The van der Waals surface area contributed by atoms with Crippen molar-refractivity contribution in [2.45, 2.75) is 25.7 Å². The topological polar surface area (TPSA) is 52.6 Å². The molecule has 0 saturated heterocycles. The Balaban J connectivity index is 1.58. The average Bonchev–Trinajstić information content (AvgIpc) is 3.49. The lowest BCUT2D eigenvalue weighted by Crippen LogP contribution is -1.91. The Bertz CT molecular complexity index is 980. The van der Waals surface area contributed by atoms with E-state index in [4.69, 9.17) is 17.7 Å². The van der Waals surface area contributed by atoms with Gasteiger partial charge in [-0.1, -0.05) is 0 Å². The van der Waals surface area contributed by atoms with Crippen LogP contribution in [0.25, 0.3) is 24.3 Å². The molecule has 4 aromatic rings. The van der Waals surface area contributed by atoms with E-state index in [9.17, 15) is 0 Å². The largest absolute Gasteiger partial charge is 0.461 e. The lowest BCUT2D eigenvalue weighted by molar-refractivity contribution is 0.430. The van der Waals surface area contributed by atoms with Gasteiger partial charge in [-0.05, 0) is 86.7 Å². The molecule has 0 aromatic carbocycles. The smallest absolute Gasteiger partial charge is 0.127 e. The van der Waals surface area contributed by atoms with Crippen LogP contribution < -0.4 is 0 Å². The van der Waals surface area contributed by atoms with Gasteiger partial charge in [0.2, 0.25) is 0 Å². The van der Waals surface area contributed by atoms with Gasteiger partial charge in [-0.2, -0.15) is 0 Å². The first-order chi connectivity index (χ1) is 13.7. The minimum Gasteiger partial charge on any atom is -0.461 e. The van der Waals surface area contributed by atoms with Crippen molar-refractivity contribution in [2.75, 3.05) is 0 Å². The first-order valence-electron chi connectivity index (χ1n) is 9.41. The quantitative estimate of drug-likeness (QED) is 0.333. The number of hydrogen-bond acceptors (Lipinski definition) is 4. The van der Waals surface area contributed by atoms with Crippen molar-refractivity contribution in [3.63, 3.8) is 0 Å². The summed E-state index contributed by atoms with van der Waals surface area (Å²) in [5, 5.41) is 0. The van der Waals surface area contributed by atoms with E-state index >= 15 is 0 Å². The van der Waals surface area contributed by atoms with Gasteiger partial charge >= 0.3 is 0 Å². The van der Waals surface area contributed by atoms with Crippen LogP contribution in [0, 0.1) is 0 Å². The summed E-state index contributed by atoms with van der Waals surface area (Å²) < 4.78 is 23.9. The van der Waals surface area contributed by atoms with E-state index in [1.165, 1.54) is 0 Å². The van der Waals surface area contributed by atoms with Gasteiger partial charge in [0.25, 0.3) is 0 Å². The predicted molar refractivity (Wildman–Crippen MR) is 108 cm³/mol. The van der Waals surface area contributed by atoms with Gasteiger partial charge in [0.15, 0.2) is 0 Å². The number of fused-ring (bicyclic) bond motifs is 8. The Morgan fingerprint density at radius 2 is 0.679 bits per heavy atom. The monoisotopic (exact) mass is 372 g/mol. The van der Waals surface area contributed by atoms with Crippen LogP contribution in [0.15, 0.2) is 66.2 Å². The maximum atomic E-state index is 5.98. The SMILES string of the molecule is CC1c2ccc(o2)/C=C/c2ccc(o2)C(C)c2ccc(o2)/C=C/c2ccc1o2. The van der Waals surface area contributed by atoms with Crippen molar-refractivity contribution in [1.82, 2.24) is 0 Å². The Kier molecular flexibility index (Phi) is 3.97. The first kappa shape index (κ1) is 16.8. The third-order valence-electron chi connectivity index (χ3n) is 5.12. The molecule has 4 heteroatoms. The predicted octanol–water partition coefficient (Wildman–Crippen LogP) is 7.02. The molecule has 5 heterocycles. The molecular formula is C24H20O4. The zero-order valence-corrected chi connectivity index (χ0v) is 15.7. The maximum absolute atomic E-state index is 5.98. The van der Waals surface area contributed by atoms with Crippen LogP contribution in [0.1, 0.15) is 71.8 Å². The second-order valence-corrected chi connectivity index (χ2v) is 7.07. The molecule has 5 rings (SSSR count). The van der Waals surface area contributed by atoms with Crippen LogP contribution in [0.5, 0.6) is 0 Å². The lowest BCUT2D eigenvalue weighted by atomic mass is 10.1. The molecule has 0 amide bonds. The third-order valence-corrected chi connectivity index (χ3v) is 5.12. The number of furan rings is 4. The highest BCUT2D eigenvalue weighted by molar-refractivity contribution is 5.66. The van der Waals surface area contributed by atoms with Gasteiger partial charge in [-0.15, -0.1) is 0 Å². The Labute approximate surface area is 162 Å². The Morgan fingerprint density at radius 1 is 0.429 bits per heavy atom. The van der Waals surface area contributed by atoms with E-state index in [2.05, 4.69) is 13.8 Å². The average molecular weight is 372 g/mol. The van der Waals surface area contributed by atoms with Crippen molar-refractivity contribution >= 4 is 24.3 Å². The van der Waals surface area contributed by atoms with Crippen LogP contribution >= 0.6 is 0 Å². The fourth-order valence-electron chi connectivity index (χ4n) is 3.37. The molecule has 4 aromatic heterocycles. The van der Waals surface area contributed by atoms with Crippen molar-refractivity contribution in [2.24, 2.45) is 0 Å². The molecule has 1 aliphatic heterocycles. The van der Waals surface area contributed by atoms with Gasteiger partial charge in [0, 0.05) is 0 Å². The van der Waals surface area contributed by atoms with Crippen LogP contribution in [-0.4, -0.2) is 0 Å². The highest BCUT2D eigenvalue weighted by atomic mass is 16.4. The molecule has 28 heavy (non-hydrogen) atoms. The summed E-state index contributed by atoms with van der Waals surface area (Å²) >= 11 is 0. The summed E-state index contributed by atoms with van der Waals surface area (Å²) in [6, 6.07) is 15.8. The van der Waals surface area contributed by atoms with Crippen LogP contribution in [-0.2, 0) is 0 Å². The highest BCUT2D eigenvalue weighted by Gasteiger charge is 2.18. The fraction of sp³-hybridized carbons (Fsp3) is 0.167. The van der Waals surface area contributed by atoms with Crippen molar-refractivity contribution < 1.29 is 17.7 Å². The summed E-state index contributed by atoms with van der Waals surface area (Å²) in [5.74, 6) is 6.57. The summed E-state index contributed by atoms with van der Waals surface area (Å²) in [4.78, 5) is 0. The highest BCUT2D eigenvalue weighted by Crippen LogP contribution is 2.31. The second kappa shape index (κ2) is 6.64. The summed E-state index contributed by atoms with van der Waals surface area (Å²) in [6.45, 7) is 4.13. The zero-order chi connectivity index (χ0) is 19.1. The van der Waals surface area contributed by atoms with E-state index in [0.717, 1.165) is 46.1 Å². The minimum atomic E-state index is 0.0227. The molecule has 0 radical (unpaired) electrons. The molecule has 0 fully saturated rings. The molecular weight excluding hydrogens is 352 g/mol. The molecule has 0 saturated carbocycles. The molecule has 4 nitrogen and oxygen atoms in total. The maximum Gasteiger partial charge on any atom is 0.127 e. The van der Waals surface area contributed by atoms with Gasteiger partial charge in [-0.25, -0.2) is 0 Å². The van der Waals surface area contributed by atoms with Crippen molar-refractivity contribution in [1.29, 1.82) is 0 Å². The normalized spacial score (nSPS) is 21.1. The van der Waals surface area contributed by atoms with E-state index in [1.807, 2.05) is 72.8 Å². The molecule has 1 aliphatic rings. The lowest BCUT2D eigenvalue weighted by Gasteiger charge is -2.05. The number of rotatable bonds is 0. The van der Waals surface area contributed by atoms with Crippen LogP contribution in [0.4, 0.5) is 0 Å². The molecule has 0 N–H and O–H groups in total. The summed E-state index contributed by atoms with van der Waals surface area (Å²) in [5.41, 5.74) is 0. The van der Waals surface area contributed by atoms with Crippen molar-refractivity contribution in [3.8, 4) is 0 Å². The summed E-state index contributed by atoms with van der Waals surface area (Å²) in [7, 11) is 0. The van der Waals surface area contributed by atoms with Gasteiger partial charge in [0.05, 0.1) is 11.8 Å². The molecule has 140 valence electrons. The van der Waals surface area contributed by atoms with Gasteiger partial charge < -0.3 is 17.7 Å². The van der Waals surface area contributed by atoms with Crippen molar-refractivity contribution in [3.05, 3.63) is 94.6 Å². The first-order valence-corrected chi connectivity index (χ1v) is 9.41. The van der Waals surface area contributed by atoms with Crippen LogP contribution in [0.2, 0.25) is 0 Å². The zero-order valence-electron chi connectivity index (χ0n) is 15.7.